The second-order valence-electron chi connectivity index (χ2n) is 4.08. The standard InChI is InChI=1S/C11H17N3O2/c1-3-14(9-4-5-12-7-9)11(15)10-8(2)6-13-16-10/h6,9,12H,3-5,7H2,1-2H3. The summed E-state index contributed by atoms with van der Waals surface area (Å²) in [5, 5.41) is 6.91. The Balaban J connectivity index is 2.15. The van der Waals surface area contributed by atoms with E-state index in [0.717, 1.165) is 25.1 Å². The zero-order valence-corrected chi connectivity index (χ0v) is 9.69. The second-order valence-corrected chi connectivity index (χ2v) is 4.08. The summed E-state index contributed by atoms with van der Waals surface area (Å²) in [7, 11) is 0. The van der Waals surface area contributed by atoms with E-state index in [9.17, 15) is 4.79 Å². The number of nitrogens with one attached hydrogen (secondary N) is 1. The molecular formula is C11H17N3O2. The summed E-state index contributed by atoms with van der Waals surface area (Å²) in [5.74, 6) is 0.319. The van der Waals surface area contributed by atoms with E-state index in [0.29, 0.717) is 12.3 Å². The highest BCUT2D eigenvalue weighted by molar-refractivity contribution is 5.92. The number of nitrogens with zero attached hydrogens (tertiary/aromatic N) is 2. The summed E-state index contributed by atoms with van der Waals surface area (Å²) in [5.41, 5.74) is 0.800. The van der Waals surface area contributed by atoms with Crippen LogP contribution < -0.4 is 5.32 Å². The van der Waals surface area contributed by atoms with E-state index in [1.54, 1.807) is 6.20 Å². The predicted octanol–water partition coefficient (Wildman–Crippen LogP) is 0.807. The molecule has 1 fully saturated rings. The maximum atomic E-state index is 12.2. The van der Waals surface area contributed by atoms with Crippen molar-refractivity contribution < 1.29 is 9.32 Å². The summed E-state index contributed by atoms with van der Waals surface area (Å²) in [6.45, 7) is 6.37. The molecule has 5 heteroatoms. The molecule has 1 amide bonds. The largest absolute Gasteiger partial charge is 0.351 e. The van der Waals surface area contributed by atoms with Gasteiger partial charge in [-0.2, -0.15) is 0 Å². The lowest BCUT2D eigenvalue weighted by Gasteiger charge is -2.26. The van der Waals surface area contributed by atoms with E-state index >= 15 is 0 Å². The topological polar surface area (TPSA) is 58.4 Å². The van der Waals surface area contributed by atoms with E-state index in [4.69, 9.17) is 4.52 Å². The molecule has 1 atom stereocenters. The number of carbonyl (C=O) groups excluding carboxylic acids is 1. The molecule has 2 heterocycles. The molecule has 16 heavy (non-hydrogen) atoms. The lowest BCUT2D eigenvalue weighted by Crippen LogP contribution is -2.41. The van der Waals surface area contributed by atoms with E-state index in [1.165, 1.54) is 0 Å². The Kier molecular flexibility index (Phi) is 3.24. The van der Waals surface area contributed by atoms with Crippen LogP contribution in [0.4, 0.5) is 0 Å². The maximum absolute atomic E-state index is 12.2. The number of aromatic nitrogens is 1. The summed E-state index contributed by atoms with van der Waals surface area (Å²) in [6, 6.07) is 0.280. The van der Waals surface area contributed by atoms with Gasteiger partial charge in [-0.15, -0.1) is 0 Å². The highest BCUT2D eigenvalue weighted by atomic mass is 16.5. The first-order chi connectivity index (χ1) is 7.74. The van der Waals surface area contributed by atoms with Crippen LogP contribution in [0, 0.1) is 6.92 Å². The fraction of sp³-hybridized carbons (Fsp3) is 0.636. The van der Waals surface area contributed by atoms with Gasteiger partial charge in [0.15, 0.2) is 0 Å². The molecule has 1 saturated heterocycles. The molecule has 1 aromatic rings. The number of rotatable bonds is 3. The van der Waals surface area contributed by atoms with Crippen molar-refractivity contribution in [3.05, 3.63) is 17.5 Å². The van der Waals surface area contributed by atoms with Gasteiger partial charge in [-0.3, -0.25) is 4.79 Å². The molecule has 0 bridgehead atoms. The van der Waals surface area contributed by atoms with E-state index < -0.39 is 0 Å². The number of carbonyl (C=O) groups is 1. The second kappa shape index (κ2) is 4.65. The molecule has 88 valence electrons. The Hall–Kier alpha value is -1.36. The van der Waals surface area contributed by atoms with Gasteiger partial charge in [-0.25, -0.2) is 0 Å². The normalized spacial score (nSPS) is 20.0. The predicted molar refractivity (Wildman–Crippen MR) is 59.2 cm³/mol. The van der Waals surface area contributed by atoms with Crippen LogP contribution in [0.3, 0.4) is 0 Å². The van der Waals surface area contributed by atoms with Gasteiger partial charge in [0, 0.05) is 24.7 Å². The maximum Gasteiger partial charge on any atom is 0.293 e. The summed E-state index contributed by atoms with van der Waals surface area (Å²) < 4.78 is 5.01. The lowest BCUT2D eigenvalue weighted by molar-refractivity contribution is 0.0660. The first-order valence-electron chi connectivity index (χ1n) is 5.67. The summed E-state index contributed by atoms with van der Waals surface area (Å²) in [6.07, 6.45) is 2.58. The lowest BCUT2D eigenvalue weighted by atomic mass is 10.2. The number of amides is 1. The molecule has 1 aliphatic heterocycles. The Morgan fingerprint density at radius 2 is 2.56 bits per heavy atom. The zero-order chi connectivity index (χ0) is 11.5. The Morgan fingerprint density at radius 3 is 3.06 bits per heavy atom. The fourth-order valence-corrected chi connectivity index (χ4v) is 2.10. The number of hydrogen-bond acceptors (Lipinski definition) is 4. The van der Waals surface area contributed by atoms with Gasteiger partial charge in [0.05, 0.1) is 6.20 Å². The third-order valence-electron chi connectivity index (χ3n) is 3.02. The Bertz CT molecular complexity index is 369. The molecule has 0 aliphatic carbocycles. The molecule has 1 aromatic heterocycles. The molecule has 0 saturated carbocycles. The van der Waals surface area contributed by atoms with Gasteiger partial charge >= 0.3 is 0 Å². The quantitative estimate of drug-likeness (QED) is 0.823. The van der Waals surface area contributed by atoms with Crippen molar-refractivity contribution in [3.8, 4) is 0 Å². The van der Waals surface area contributed by atoms with Crippen LogP contribution in [0.25, 0.3) is 0 Å². The average molecular weight is 223 g/mol. The Morgan fingerprint density at radius 1 is 1.75 bits per heavy atom. The van der Waals surface area contributed by atoms with Crippen LogP contribution in [0.1, 0.15) is 29.5 Å². The third kappa shape index (κ3) is 1.95. The summed E-state index contributed by atoms with van der Waals surface area (Å²) in [4.78, 5) is 14.1. The molecule has 0 aromatic carbocycles. The average Bonchev–Trinajstić information content (AvgIpc) is 2.90. The molecule has 0 radical (unpaired) electrons. The molecule has 1 unspecified atom stereocenters. The molecule has 5 nitrogen and oxygen atoms in total. The van der Waals surface area contributed by atoms with Crippen LogP contribution >= 0.6 is 0 Å². The minimum atomic E-state index is -0.0498. The third-order valence-corrected chi connectivity index (χ3v) is 3.02. The smallest absolute Gasteiger partial charge is 0.293 e. The monoisotopic (exact) mass is 223 g/mol. The zero-order valence-electron chi connectivity index (χ0n) is 9.69. The molecule has 2 rings (SSSR count). The van der Waals surface area contributed by atoms with Crippen molar-refractivity contribution in [2.45, 2.75) is 26.3 Å². The van der Waals surface area contributed by atoms with Crippen LogP contribution in [-0.2, 0) is 0 Å². The highest BCUT2D eigenvalue weighted by Gasteiger charge is 2.28. The number of likely N-dealkylation sites (N-methyl/N-ethyl adjacent to an activating group) is 1. The van der Waals surface area contributed by atoms with Crippen molar-refractivity contribution in [2.24, 2.45) is 0 Å². The minimum absolute atomic E-state index is 0.0498. The number of hydrogen-bond donors (Lipinski definition) is 1. The van der Waals surface area contributed by atoms with Crippen molar-refractivity contribution in [1.82, 2.24) is 15.4 Å². The minimum Gasteiger partial charge on any atom is -0.351 e. The van der Waals surface area contributed by atoms with Gasteiger partial charge in [0.2, 0.25) is 5.76 Å². The van der Waals surface area contributed by atoms with Crippen LogP contribution in [0.15, 0.2) is 10.7 Å². The molecule has 1 N–H and O–H groups in total. The van der Waals surface area contributed by atoms with Crippen molar-refractivity contribution >= 4 is 5.91 Å². The van der Waals surface area contributed by atoms with E-state index in [-0.39, 0.29) is 11.9 Å². The van der Waals surface area contributed by atoms with Crippen molar-refractivity contribution in [1.29, 1.82) is 0 Å². The van der Waals surface area contributed by atoms with Gasteiger partial charge < -0.3 is 14.7 Å². The SMILES string of the molecule is CCN(C(=O)c1oncc1C)C1CCNC1. The van der Waals surface area contributed by atoms with E-state index in [1.807, 2.05) is 18.7 Å². The highest BCUT2D eigenvalue weighted by Crippen LogP contribution is 2.15. The van der Waals surface area contributed by atoms with Crippen molar-refractivity contribution in [2.75, 3.05) is 19.6 Å². The van der Waals surface area contributed by atoms with Crippen LogP contribution in [0.5, 0.6) is 0 Å². The molecule has 0 spiro atoms. The van der Waals surface area contributed by atoms with Crippen LogP contribution in [-0.4, -0.2) is 41.6 Å². The molecule has 1 aliphatic rings. The van der Waals surface area contributed by atoms with Crippen molar-refractivity contribution in [3.63, 3.8) is 0 Å². The Labute approximate surface area is 94.8 Å². The fourth-order valence-electron chi connectivity index (χ4n) is 2.10. The first-order valence-corrected chi connectivity index (χ1v) is 5.67. The van der Waals surface area contributed by atoms with Crippen LogP contribution in [0.2, 0.25) is 0 Å². The van der Waals surface area contributed by atoms with E-state index in [2.05, 4.69) is 10.5 Å². The number of aryl methyl sites for hydroxylation is 1. The first kappa shape index (κ1) is 11.1. The van der Waals surface area contributed by atoms with Gasteiger partial charge in [-0.1, -0.05) is 5.16 Å². The molecular weight excluding hydrogens is 206 g/mol. The van der Waals surface area contributed by atoms with Gasteiger partial charge in [-0.05, 0) is 26.8 Å². The van der Waals surface area contributed by atoms with Gasteiger partial charge in [0.1, 0.15) is 0 Å². The summed E-state index contributed by atoms with van der Waals surface area (Å²) >= 11 is 0. The van der Waals surface area contributed by atoms with Gasteiger partial charge in [0.25, 0.3) is 5.91 Å².